The third-order valence-corrected chi connectivity index (χ3v) is 5.85. The lowest BCUT2D eigenvalue weighted by Gasteiger charge is -2.33. The van der Waals surface area contributed by atoms with Crippen LogP contribution in [0, 0.1) is 16.5 Å². The minimum Gasteiger partial charge on any atom is -0.352 e. The number of hydrogen-bond donors (Lipinski definition) is 2. The molecule has 0 radical (unpaired) electrons. The van der Waals surface area contributed by atoms with Crippen molar-refractivity contribution in [1.29, 1.82) is 0 Å². The van der Waals surface area contributed by atoms with E-state index in [4.69, 9.17) is 0 Å². The molecule has 0 aliphatic carbocycles. The molecular formula is C18H19BrF2N3O3+. The lowest BCUT2D eigenvalue weighted by molar-refractivity contribution is -0.601. The number of hydrogen-bond acceptors (Lipinski definition) is 3. The normalized spacial score (nSPS) is 25.1. The van der Waals surface area contributed by atoms with Gasteiger partial charge in [0.05, 0.1) is 12.5 Å². The van der Waals surface area contributed by atoms with Gasteiger partial charge in [-0.15, -0.1) is 0 Å². The van der Waals surface area contributed by atoms with Crippen LogP contribution in [0.5, 0.6) is 0 Å². The van der Waals surface area contributed by atoms with Crippen molar-refractivity contribution in [3.63, 3.8) is 0 Å². The molecule has 3 unspecified atom stereocenters. The van der Waals surface area contributed by atoms with Crippen molar-refractivity contribution in [2.45, 2.75) is 49.8 Å². The summed E-state index contributed by atoms with van der Waals surface area (Å²) in [5.74, 6) is -2.29. The zero-order valence-corrected chi connectivity index (χ0v) is 16.2. The van der Waals surface area contributed by atoms with Crippen LogP contribution in [-0.2, 0) is 16.1 Å². The zero-order valence-electron chi connectivity index (χ0n) is 14.6. The summed E-state index contributed by atoms with van der Waals surface area (Å²) in [4.78, 5) is 36.7. The van der Waals surface area contributed by atoms with Gasteiger partial charge in [0.1, 0.15) is 11.6 Å². The molecule has 2 aliphatic heterocycles. The van der Waals surface area contributed by atoms with E-state index in [0.29, 0.717) is 18.4 Å². The number of halogens is 3. The third-order valence-electron chi connectivity index (χ3n) is 4.99. The molecular weight excluding hydrogens is 424 g/mol. The van der Waals surface area contributed by atoms with Crippen LogP contribution in [0.4, 0.5) is 8.78 Å². The van der Waals surface area contributed by atoms with Crippen LogP contribution in [0.3, 0.4) is 0 Å². The first-order valence-electron chi connectivity index (χ1n) is 8.58. The van der Waals surface area contributed by atoms with Crippen LogP contribution < -0.4 is 10.6 Å². The topological polar surface area (TPSA) is 78.3 Å². The highest BCUT2D eigenvalue weighted by atomic mass is 79.9. The number of nitrogens with one attached hydrogen (secondary N) is 2. The monoisotopic (exact) mass is 442 g/mol. The van der Waals surface area contributed by atoms with Crippen LogP contribution in [0.2, 0.25) is 0 Å². The molecule has 2 amide bonds. The van der Waals surface area contributed by atoms with Crippen LogP contribution in [0.1, 0.15) is 31.7 Å². The van der Waals surface area contributed by atoms with Gasteiger partial charge in [-0.05, 0) is 35.3 Å². The van der Waals surface area contributed by atoms with Gasteiger partial charge >= 0.3 is 0 Å². The molecule has 2 N–H and O–H groups in total. The second kappa shape index (κ2) is 7.84. The van der Waals surface area contributed by atoms with E-state index in [0.717, 1.165) is 16.9 Å². The number of nitroso groups, excluding NO2 is 1. The van der Waals surface area contributed by atoms with Gasteiger partial charge in [-0.3, -0.25) is 9.59 Å². The lowest BCUT2D eigenvalue weighted by Crippen LogP contribution is -2.57. The number of carbonyl (C=O) groups excluding carboxylic acids is 2. The summed E-state index contributed by atoms with van der Waals surface area (Å²) in [5.41, 5.74) is 0.963. The Bertz CT molecular complexity index is 843. The number of alkyl halides is 1. The first kappa shape index (κ1) is 19.6. The molecule has 2 aliphatic rings. The summed E-state index contributed by atoms with van der Waals surface area (Å²) in [5, 5.41) is 5.33. The van der Waals surface area contributed by atoms with Crippen molar-refractivity contribution in [2.24, 2.45) is 0 Å². The Hall–Kier alpha value is -2.16. The standard InChI is InChI=1S/C18H18BrF2N3O3/c1-9-12(18(26)23-14-4-5-15(19)24(27)17(9)14)7-16(25)22-8-10-2-3-11(20)6-13(10)21/h2-3,6,14-15,17H,4-5,7-8H2,1H3,(H-,22,23,25,26)/p+1. The highest BCUT2D eigenvalue weighted by Crippen LogP contribution is 2.32. The Kier molecular flexibility index (Phi) is 5.69. The molecule has 0 saturated carbocycles. The number of piperidine rings is 1. The van der Waals surface area contributed by atoms with Gasteiger partial charge in [0.25, 0.3) is 4.95 Å². The van der Waals surface area contributed by atoms with Crippen molar-refractivity contribution in [1.82, 2.24) is 10.6 Å². The van der Waals surface area contributed by atoms with E-state index in [1.54, 1.807) is 6.92 Å². The highest BCUT2D eigenvalue weighted by Gasteiger charge is 2.49. The second-order valence-electron chi connectivity index (χ2n) is 6.75. The van der Waals surface area contributed by atoms with E-state index in [2.05, 4.69) is 26.6 Å². The maximum atomic E-state index is 13.6. The molecule has 1 aromatic rings. The molecule has 1 saturated heterocycles. The molecule has 2 heterocycles. The summed E-state index contributed by atoms with van der Waals surface area (Å²) in [6, 6.07) is 2.31. The first-order chi connectivity index (χ1) is 12.8. The smallest absolute Gasteiger partial charge is 0.255 e. The van der Waals surface area contributed by atoms with Gasteiger partial charge in [-0.25, -0.2) is 8.78 Å². The zero-order chi connectivity index (χ0) is 19.7. The van der Waals surface area contributed by atoms with Crippen LogP contribution in [0.25, 0.3) is 0 Å². The molecule has 144 valence electrons. The predicted octanol–water partition coefficient (Wildman–Crippen LogP) is 2.45. The Balaban J connectivity index is 1.70. The van der Waals surface area contributed by atoms with E-state index in [9.17, 15) is 23.3 Å². The molecule has 9 heteroatoms. The molecule has 1 aromatic carbocycles. The predicted molar refractivity (Wildman–Crippen MR) is 96.8 cm³/mol. The molecule has 3 atom stereocenters. The third kappa shape index (κ3) is 4.07. The maximum absolute atomic E-state index is 13.6. The summed E-state index contributed by atoms with van der Waals surface area (Å²) >= 11 is 3.33. The van der Waals surface area contributed by atoms with Gasteiger partial charge in [0, 0.05) is 45.4 Å². The summed E-state index contributed by atoms with van der Waals surface area (Å²) < 4.78 is 27.5. The minimum absolute atomic E-state index is 0.123. The number of amides is 2. The van der Waals surface area contributed by atoms with Crippen LogP contribution >= 0.6 is 15.9 Å². The van der Waals surface area contributed by atoms with Gasteiger partial charge in [-0.1, -0.05) is 6.07 Å². The second-order valence-corrected chi connectivity index (χ2v) is 7.80. The number of carbonyl (C=O) groups is 2. The average molecular weight is 443 g/mol. The number of rotatable bonds is 4. The van der Waals surface area contributed by atoms with Gasteiger partial charge < -0.3 is 10.6 Å². The van der Waals surface area contributed by atoms with E-state index >= 15 is 0 Å². The van der Waals surface area contributed by atoms with Crippen LogP contribution in [-0.4, -0.2) is 33.6 Å². The quantitative estimate of drug-likeness (QED) is 0.427. The molecule has 1 fully saturated rings. The molecule has 0 spiro atoms. The van der Waals surface area contributed by atoms with Crippen molar-refractivity contribution in [3.05, 3.63) is 51.5 Å². The fourth-order valence-electron chi connectivity index (χ4n) is 3.51. The highest BCUT2D eigenvalue weighted by molar-refractivity contribution is 9.09. The van der Waals surface area contributed by atoms with Gasteiger partial charge in [0.2, 0.25) is 17.9 Å². The average Bonchev–Trinajstić information content (AvgIpc) is 2.61. The fraction of sp³-hybridized carbons (Fsp3) is 0.444. The molecule has 0 aromatic heterocycles. The number of benzene rings is 1. The van der Waals surface area contributed by atoms with Gasteiger partial charge in [-0.2, -0.15) is 0 Å². The van der Waals surface area contributed by atoms with Crippen molar-refractivity contribution >= 4 is 27.7 Å². The Morgan fingerprint density at radius 1 is 1.37 bits per heavy atom. The first-order valence-corrected chi connectivity index (χ1v) is 9.50. The summed E-state index contributed by atoms with van der Waals surface area (Å²) in [6.07, 6.45) is 1.08. The van der Waals surface area contributed by atoms with E-state index < -0.39 is 23.6 Å². The van der Waals surface area contributed by atoms with E-state index in [1.165, 1.54) is 6.07 Å². The largest absolute Gasteiger partial charge is 0.352 e. The lowest BCUT2D eigenvalue weighted by atomic mass is 9.85. The Morgan fingerprint density at radius 3 is 2.81 bits per heavy atom. The van der Waals surface area contributed by atoms with Crippen LogP contribution in [0.15, 0.2) is 29.3 Å². The number of fused-ring (bicyclic) bond motifs is 1. The van der Waals surface area contributed by atoms with Gasteiger partial charge in [0.15, 0.2) is 0 Å². The van der Waals surface area contributed by atoms with E-state index in [-0.39, 0.29) is 41.0 Å². The van der Waals surface area contributed by atoms with E-state index in [1.807, 2.05) is 0 Å². The molecule has 0 bridgehead atoms. The minimum atomic E-state index is -0.753. The Labute approximate surface area is 163 Å². The van der Waals surface area contributed by atoms with Crippen molar-refractivity contribution in [2.75, 3.05) is 0 Å². The van der Waals surface area contributed by atoms with Crippen molar-refractivity contribution in [3.8, 4) is 0 Å². The molecule has 6 nitrogen and oxygen atoms in total. The summed E-state index contributed by atoms with van der Waals surface area (Å²) in [6.45, 7) is 1.57. The fourth-order valence-corrected chi connectivity index (χ4v) is 4.03. The molecule has 27 heavy (non-hydrogen) atoms. The molecule has 3 rings (SSSR count). The summed E-state index contributed by atoms with van der Waals surface area (Å²) in [7, 11) is 0. The SMILES string of the molecule is CC1=C(CC(=O)NCc2ccc(F)cc2F)C(=O)NC2CCC(Br)[N+](=O)C12. The maximum Gasteiger partial charge on any atom is 0.255 e. The number of nitrogens with zero attached hydrogens (tertiary/aromatic N) is 1. The Morgan fingerprint density at radius 2 is 2.11 bits per heavy atom. The van der Waals surface area contributed by atoms with Crippen molar-refractivity contribution < 1.29 is 23.1 Å².